The van der Waals surface area contributed by atoms with Gasteiger partial charge < -0.3 is 5.32 Å². The van der Waals surface area contributed by atoms with Crippen LogP contribution in [0, 0.1) is 13.8 Å². The van der Waals surface area contributed by atoms with E-state index >= 15 is 0 Å². The third-order valence-corrected chi connectivity index (χ3v) is 5.66. The third-order valence-electron chi connectivity index (χ3n) is 5.29. The first-order valence-electron chi connectivity index (χ1n) is 9.69. The SMILES string of the molecule is Cc1ccc(C2=C(Nc3ccccc3)C(=O)N(Cc3ccccc3Cl)C2=O)cc1C. The average molecular weight is 417 g/mol. The van der Waals surface area contributed by atoms with E-state index in [1.165, 1.54) is 4.90 Å². The number of nitrogens with one attached hydrogen (secondary N) is 1. The van der Waals surface area contributed by atoms with E-state index in [4.69, 9.17) is 11.6 Å². The Kier molecular flexibility index (Phi) is 5.42. The molecule has 4 rings (SSSR count). The molecule has 0 atom stereocenters. The Morgan fingerprint density at radius 2 is 1.53 bits per heavy atom. The molecule has 5 heteroatoms. The van der Waals surface area contributed by atoms with Crippen LogP contribution in [0.5, 0.6) is 0 Å². The van der Waals surface area contributed by atoms with Gasteiger partial charge in [-0.25, -0.2) is 0 Å². The van der Waals surface area contributed by atoms with E-state index in [-0.39, 0.29) is 24.1 Å². The second-order valence-corrected chi connectivity index (χ2v) is 7.74. The Morgan fingerprint density at radius 3 is 2.23 bits per heavy atom. The number of halogens is 1. The Labute approximate surface area is 180 Å². The Morgan fingerprint density at radius 1 is 0.833 bits per heavy atom. The molecule has 0 unspecified atom stereocenters. The van der Waals surface area contributed by atoms with Crippen LogP contribution in [0.1, 0.15) is 22.3 Å². The van der Waals surface area contributed by atoms with Gasteiger partial charge in [0, 0.05) is 10.7 Å². The Balaban J connectivity index is 1.77. The highest BCUT2D eigenvalue weighted by molar-refractivity contribution is 6.36. The van der Waals surface area contributed by atoms with Gasteiger partial charge in [-0.05, 0) is 54.3 Å². The smallest absolute Gasteiger partial charge is 0.278 e. The summed E-state index contributed by atoms with van der Waals surface area (Å²) in [6.45, 7) is 4.13. The molecule has 0 spiro atoms. The van der Waals surface area contributed by atoms with Crippen molar-refractivity contribution in [2.24, 2.45) is 0 Å². The van der Waals surface area contributed by atoms with Crippen molar-refractivity contribution in [3.05, 3.63) is 106 Å². The zero-order valence-electron chi connectivity index (χ0n) is 16.8. The van der Waals surface area contributed by atoms with E-state index in [9.17, 15) is 9.59 Å². The van der Waals surface area contributed by atoms with Gasteiger partial charge in [-0.3, -0.25) is 14.5 Å². The fourth-order valence-corrected chi connectivity index (χ4v) is 3.66. The van der Waals surface area contributed by atoms with Crippen molar-refractivity contribution in [1.29, 1.82) is 0 Å². The number of nitrogens with zero attached hydrogens (tertiary/aromatic N) is 1. The maximum absolute atomic E-state index is 13.4. The standard InChI is InChI=1S/C25H21ClN2O2/c1-16-12-13-18(14-17(16)2)22-23(27-20-9-4-3-5-10-20)25(30)28(24(22)29)15-19-8-6-7-11-21(19)26/h3-14,27H,15H2,1-2H3. The monoisotopic (exact) mass is 416 g/mol. The van der Waals surface area contributed by atoms with Crippen LogP contribution in [0.3, 0.4) is 0 Å². The first-order chi connectivity index (χ1) is 14.5. The summed E-state index contributed by atoms with van der Waals surface area (Å²) in [5, 5.41) is 3.69. The summed E-state index contributed by atoms with van der Waals surface area (Å²) in [5.41, 5.74) is 5.03. The van der Waals surface area contributed by atoms with Crippen molar-refractivity contribution in [2.75, 3.05) is 5.32 Å². The Bertz CT molecular complexity index is 1170. The maximum Gasteiger partial charge on any atom is 0.278 e. The molecule has 0 aromatic heterocycles. The first-order valence-corrected chi connectivity index (χ1v) is 10.1. The van der Waals surface area contributed by atoms with Crippen molar-refractivity contribution in [3.63, 3.8) is 0 Å². The first kappa shape index (κ1) is 19.9. The predicted molar refractivity (Wildman–Crippen MR) is 120 cm³/mol. The van der Waals surface area contributed by atoms with Gasteiger partial charge in [0.25, 0.3) is 11.8 Å². The minimum absolute atomic E-state index is 0.117. The summed E-state index contributed by atoms with van der Waals surface area (Å²) in [5.74, 6) is -0.696. The number of benzene rings is 3. The molecule has 3 aromatic carbocycles. The van der Waals surface area contributed by atoms with E-state index in [2.05, 4.69) is 5.32 Å². The predicted octanol–water partition coefficient (Wildman–Crippen LogP) is 5.35. The van der Waals surface area contributed by atoms with Gasteiger partial charge in [-0.15, -0.1) is 0 Å². The molecule has 30 heavy (non-hydrogen) atoms. The van der Waals surface area contributed by atoms with Gasteiger partial charge in [0.05, 0.1) is 12.1 Å². The number of imide groups is 1. The van der Waals surface area contributed by atoms with Crippen LogP contribution < -0.4 is 5.32 Å². The molecule has 150 valence electrons. The second kappa shape index (κ2) is 8.17. The molecule has 0 saturated heterocycles. The number of anilines is 1. The zero-order valence-corrected chi connectivity index (χ0v) is 17.5. The lowest BCUT2D eigenvalue weighted by atomic mass is 9.99. The molecule has 0 radical (unpaired) electrons. The van der Waals surface area contributed by atoms with E-state index in [0.29, 0.717) is 10.6 Å². The van der Waals surface area contributed by atoms with E-state index in [0.717, 1.165) is 27.9 Å². The number of carbonyl (C=O) groups is 2. The maximum atomic E-state index is 13.4. The molecule has 1 N–H and O–H groups in total. The summed E-state index contributed by atoms with van der Waals surface area (Å²) in [6.07, 6.45) is 0. The zero-order chi connectivity index (χ0) is 21.3. The van der Waals surface area contributed by atoms with Crippen molar-refractivity contribution in [3.8, 4) is 0 Å². The van der Waals surface area contributed by atoms with E-state index < -0.39 is 0 Å². The highest BCUT2D eigenvalue weighted by atomic mass is 35.5. The number of hydrogen-bond acceptors (Lipinski definition) is 3. The highest BCUT2D eigenvalue weighted by Crippen LogP contribution is 2.33. The molecule has 3 aromatic rings. The second-order valence-electron chi connectivity index (χ2n) is 7.33. The lowest BCUT2D eigenvalue weighted by Gasteiger charge is -2.16. The van der Waals surface area contributed by atoms with E-state index in [1.54, 1.807) is 6.07 Å². The van der Waals surface area contributed by atoms with Crippen molar-refractivity contribution >= 4 is 34.7 Å². The van der Waals surface area contributed by atoms with Crippen LogP contribution in [0.4, 0.5) is 5.69 Å². The molecule has 0 saturated carbocycles. The molecule has 4 nitrogen and oxygen atoms in total. The van der Waals surface area contributed by atoms with Gasteiger partial charge >= 0.3 is 0 Å². The van der Waals surface area contributed by atoms with Crippen LogP contribution >= 0.6 is 11.6 Å². The molecular weight excluding hydrogens is 396 g/mol. The summed E-state index contributed by atoms with van der Waals surface area (Å²) in [7, 11) is 0. The van der Waals surface area contributed by atoms with Crippen LogP contribution in [-0.2, 0) is 16.1 Å². The number of hydrogen-bond donors (Lipinski definition) is 1. The fraction of sp³-hybridized carbons (Fsp3) is 0.120. The highest BCUT2D eigenvalue weighted by Gasteiger charge is 2.39. The molecule has 0 aliphatic carbocycles. The number of para-hydroxylation sites is 1. The van der Waals surface area contributed by atoms with Crippen molar-refractivity contribution in [1.82, 2.24) is 4.90 Å². The van der Waals surface area contributed by atoms with Crippen molar-refractivity contribution in [2.45, 2.75) is 20.4 Å². The van der Waals surface area contributed by atoms with Crippen LogP contribution in [0.25, 0.3) is 5.57 Å². The molecule has 0 bridgehead atoms. The van der Waals surface area contributed by atoms with Gasteiger partial charge in [0.1, 0.15) is 5.70 Å². The average Bonchev–Trinajstić information content (AvgIpc) is 2.97. The minimum atomic E-state index is -0.364. The quantitative estimate of drug-likeness (QED) is 0.570. The summed E-state index contributed by atoms with van der Waals surface area (Å²) < 4.78 is 0. The van der Waals surface area contributed by atoms with Crippen molar-refractivity contribution < 1.29 is 9.59 Å². The Hall–Kier alpha value is -3.37. The number of rotatable bonds is 5. The van der Waals surface area contributed by atoms with Gasteiger partial charge in [-0.2, -0.15) is 0 Å². The topological polar surface area (TPSA) is 49.4 Å². The third kappa shape index (κ3) is 3.74. The lowest BCUT2D eigenvalue weighted by Crippen LogP contribution is -2.32. The van der Waals surface area contributed by atoms with Crippen LogP contribution in [0.2, 0.25) is 5.02 Å². The molecule has 0 fully saturated rings. The molecule has 2 amide bonds. The molecular formula is C25H21ClN2O2. The lowest BCUT2D eigenvalue weighted by molar-refractivity contribution is -0.137. The minimum Gasteiger partial charge on any atom is -0.350 e. The van der Waals surface area contributed by atoms with E-state index in [1.807, 2.05) is 80.6 Å². The number of carbonyl (C=O) groups excluding carboxylic acids is 2. The van der Waals surface area contributed by atoms with Gasteiger partial charge in [0.15, 0.2) is 0 Å². The van der Waals surface area contributed by atoms with Gasteiger partial charge in [-0.1, -0.05) is 66.2 Å². The number of aryl methyl sites for hydroxylation is 2. The summed E-state index contributed by atoms with van der Waals surface area (Å²) in [6, 6.07) is 22.4. The summed E-state index contributed by atoms with van der Waals surface area (Å²) >= 11 is 6.28. The number of amides is 2. The van der Waals surface area contributed by atoms with Crippen LogP contribution in [-0.4, -0.2) is 16.7 Å². The largest absolute Gasteiger partial charge is 0.350 e. The fourth-order valence-electron chi connectivity index (χ4n) is 3.46. The molecule has 1 heterocycles. The van der Waals surface area contributed by atoms with Gasteiger partial charge in [0.2, 0.25) is 0 Å². The molecule has 1 aliphatic heterocycles. The summed E-state index contributed by atoms with van der Waals surface area (Å²) in [4.78, 5) is 28.0. The van der Waals surface area contributed by atoms with Crippen LogP contribution in [0.15, 0.2) is 78.5 Å². The normalized spacial score (nSPS) is 13.9. The molecule has 1 aliphatic rings.